The number of nitrogens with zero attached hydrogens (tertiary/aromatic N) is 1. The summed E-state index contributed by atoms with van der Waals surface area (Å²) in [4.78, 5) is 15.9. The Hall–Kier alpha value is -1.64. The second-order valence-electron chi connectivity index (χ2n) is 3.17. The maximum absolute atomic E-state index is 11.9. The summed E-state index contributed by atoms with van der Waals surface area (Å²) in [6, 6.07) is 12.7. The second-order valence-corrected chi connectivity index (χ2v) is 4.09. The fourth-order valence-electron chi connectivity index (χ4n) is 1.27. The molecule has 0 aliphatic carbocycles. The van der Waals surface area contributed by atoms with Crippen LogP contribution in [0.2, 0.25) is 0 Å². The van der Waals surface area contributed by atoms with Gasteiger partial charge in [-0.05, 0) is 0 Å². The van der Waals surface area contributed by atoms with Crippen molar-refractivity contribution in [2.75, 3.05) is 5.32 Å². The number of aromatic nitrogens is 1. The van der Waals surface area contributed by atoms with E-state index < -0.39 is 0 Å². The Bertz CT molecular complexity index is 499. The molecule has 0 fully saturated rings. The van der Waals surface area contributed by atoms with E-state index in [9.17, 15) is 4.79 Å². The number of nitrogens with one attached hydrogen (secondary N) is 1. The summed E-state index contributed by atoms with van der Waals surface area (Å²) in [7, 11) is 0. The van der Waals surface area contributed by atoms with E-state index >= 15 is 0 Å². The van der Waals surface area contributed by atoms with Crippen LogP contribution in [0.15, 0.2) is 48.7 Å². The van der Waals surface area contributed by atoms with Crippen LogP contribution in [0.25, 0.3) is 0 Å². The Morgan fingerprint density at radius 2 is 1.88 bits per heavy atom. The van der Waals surface area contributed by atoms with Gasteiger partial charge < -0.3 is 0 Å². The molecule has 2 rings (SSSR count). The number of benzene rings is 1. The van der Waals surface area contributed by atoms with E-state index in [0.717, 1.165) is 4.46 Å². The third kappa shape index (κ3) is 2.48. The molecule has 1 N–H and O–H groups in total. The fourth-order valence-corrected chi connectivity index (χ4v) is 1.78. The van der Waals surface area contributed by atoms with Gasteiger partial charge in [-0.15, -0.1) is 0 Å². The molecule has 0 atom stereocenters. The molecule has 79 valence electrons. The number of amides is 1. The third-order valence-electron chi connectivity index (χ3n) is 2.04. The molecule has 0 unspecified atom stereocenters. The quantitative estimate of drug-likeness (QED) is 0.835. The van der Waals surface area contributed by atoms with E-state index in [1.807, 2.05) is 24.3 Å². The average molecular weight is 276 g/mol. The first-order valence-electron chi connectivity index (χ1n) is 4.76. The molecule has 0 saturated heterocycles. The summed E-state index contributed by atoms with van der Waals surface area (Å²) < 4.78 is 0.830. The summed E-state index contributed by atoms with van der Waals surface area (Å²) in [5.74, 6) is 0.392. The van der Waals surface area contributed by atoms with Gasteiger partial charge in [-0.25, -0.2) is 0 Å². The Morgan fingerprint density at radius 1 is 1.12 bits per heavy atom. The topological polar surface area (TPSA) is 42.0 Å². The van der Waals surface area contributed by atoms with Gasteiger partial charge in [-0.3, -0.25) is 0 Å². The number of carbonyl (C=O) groups excluding carboxylic acids is 1. The molecule has 4 heteroatoms. The van der Waals surface area contributed by atoms with Crippen LogP contribution in [-0.2, 0) is 0 Å². The van der Waals surface area contributed by atoms with Gasteiger partial charge in [0.05, 0.1) is 0 Å². The molecule has 2 aromatic rings. The van der Waals surface area contributed by atoms with Crippen molar-refractivity contribution in [3.8, 4) is 0 Å². The van der Waals surface area contributed by atoms with E-state index in [-0.39, 0.29) is 5.91 Å². The van der Waals surface area contributed by atoms with Crippen LogP contribution in [0.1, 0.15) is 10.4 Å². The molecule has 0 saturated carbocycles. The maximum atomic E-state index is 11.9. The normalized spacial score (nSPS) is 9.75. The Labute approximate surface area is 102 Å². The molecule has 1 heterocycles. The van der Waals surface area contributed by atoms with E-state index in [1.165, 1.54) is 0 Å². The van der Waals surface area contributed by atoms with Gasteiger partial charge in [0.2, 0.25) is 0 Å². The molecule has 1 aromatic carbocycles. The SMILES string of the molecule is O=C(Nc1ccccn1)c1ccccc1[Se]. The molecule has 1 aromatic heterocycles. The zero-order chi connectivity index (χ0) is 11.4. The third-order valence-corrected chi connectivity index (χ3v) is 2.79. The molecule has 1 radical (unpaired) electrons. The standard InChI is InChI=1S/C12H9N2OSe/c15-12(9-5-1-2-6-10(9)16)14-11-7-3-4-8-13-11/h1-8H,(H,13,14,15). The first kappa shape index (κ1) is 10.9. The molecule has 0 aliphatic rings. The predicted molar refractivity (Wildman–Crippen MR) is 64.0 cm³/mol. The van der Waals surface area contributed by atoms with Gasteiger partial charge in [0.25, 0.3) is 0 Å². The summed E-state index contributed by atoms with van der Waals surface area (Å²) in [5.41, 5.74) is 0.619. The Balaban J connectivity index is 2.19. The molecular weight excluding hydrogens is 267 g/mol. The first-order valence-corrected chi connectivity index (χ1v) is 5.61. The van der Waals surface area contributed by atoms with E-state index in [2.05, 4.69) is 26.3 Å². The molecule has 16 heavy (non-hydrogen) atoms. The van der Waals surface area contributed by atoms with Gasteiger partial charge in [0, 0.05) is 0 Å². The molecule has 0 bridgehead atoms. The van der Waals surface area contributed by atoms with Crippen LogP contribution < -0.4 is 9.78 Å². The average Bonchev–Trinajstić information content (AvgIpc) is 2.31. The van der Waals surface area contributed by atoms with Crippen molar-refractivity contribution in [3.63, 3.8) is 0 Å². The second kappa shape index (κ2) is 4.92. The van der Waals surface area contributed by atoms with Crippen LogP contribution in [0, 0.1) is 0 Å². The predicted octanol–water partition coefficient (Wildman–Crippen LogP) is 1.13. The molecule has 0 aliphatic heterocycles. The number of hydrogen-bond donors (Lipinski definition) is 1. The van der Waals surface area contributed by atoms with E-state index in [1.54, 1.807) is 24.4 Å². The fraction of sp³-hybridized carbons (Fsp3) is 0. The van der Waals surface area contributed by atoms with Gasteiger partial charge in [0.1, 0.15) is 0 Å². The van der Waals surface area contributed by atoms with Crippen LogP contribution in [0.3, 0.4) is 0 Å². The Kier molecular flexibility index (Phi) is 3.34. The van der Waals surface area contributed by atoms with Crippen molar-refractivity contribution in [3.05, 3.63) is 54.2 Å². The minimum atomic E-state index is -0.159. The molecule has 1 amide bonds. The van der Waals surface area contributed by atoms with E-state index in [0.29, 0.717) is 11.4 Å². The van der Waals surface area contributed by atoms with E-state index in [4.69, 9.17) is 0 Å². The monoisotopic (exact) mass is 277 g/mol. The first-order chi connectivity index (χ1) is 7.77. The van der Waals surface area contributed by atoms with Crippen molar-refractivity contribution in [2.24, 2.45) is 0 Å². The van der Waals surface area contributed by atoms with Crippen molar-refractivity contribution >= 4 is 32.2 Å². The Morgan fingerprint density at radius 3 is 2.56 bits per heavy atom. The summed E-state index contributed by atoms with van der Waals surface area (Å²) >= 11 is 2.86. The van der Waals surface area contributed by atoms with Crippen LogP contribution in [0.5, 0.6) is 0 Å². The van der Waals surface area contributed by atoms with Crippen LogP contribution in [-0.4, -0.2) is 26.9 Å². The number of anilines is 1. The molecule has 0 spiro atoms. The number of rotatable bonds is 2. The van der Waals surface area contributed by atoms with Crippen molar-refractivity contribution in [2.45, 2.75) is 0 Å². The van der Waals surface area contributed by atoms with Crippen molar-refractivity contribution in [1.82, 2.24) is 4.98 Å². The van der Waals surface area contributed by atoms with Gasteiger partial charge >= 0.3 is 102 Å². The number of hydrogen-bond acceptors (Lipinski definition) is 2. The zero-order valence-electron chi connectivity index (χ0n) is 8.38. The van der Waals surface area contributed by atoms with Gasteiger partial charge in [-0.2, -0.15) is 0 Å². The van der Waals surface area contributed by atoms with Crippen molar-refractivity contribution < 1.29 is 4.79 Å². The summed E-state index contributed by atoms with van der Waals surface area (Å²) in [6.45, 7) is 0. The zero-order valence-corrected chi connectivity index (χ0v) is 10.1. The van der Waals surface area contributed by atoms with Gasteiger partial charge in [-0.1, -0.05) is 0 Å². The van der Waals surface area contributed by atoms with Crippen molar-refractivity contribution in [1.29, 1.82) is 0 Å². The minimum absolute atomic E-state index is 0.159. The molecular formula is C12H9N2OSe. The van der Waals surface area contributed by atoms with Crippen LogP contribution in [0.4, 0.5) is 5.82 Å². The number of pyridine rings is 1. The van der Waals surface area contributed by atoms with Crippen LogP contribution >= 0.6 is 0 Å². The number of carbonyl (C=O) groups is 1. The molecule has 3 nitrogen and oxygen atoms in total. The summed E-state index contributed by atoms with van der Waals surface area (Å²) in [5, 5.41) is 2.73. The van der Waals surface area contributed by atoms with Gasteiger partial charge in [0.15, 0.2) is 0 Å². The summed E-state index contributed by atoms with van der Waals surface area (Å²) in [6.07, 6.45) is 1.64.